The van der Waals surface area contributed by atoms with Crippen molar-refractivity contribution in [3.05, 3.63) is 59.2 Å². The quantitative estimate of drug-likeness (QED) is 0.754. The largest absolute Gasteiger partial charge is 0.380 e. The van der Waals surface area contributed by atoms with Crippen molar-refractivity contribution in [3.8, 4) is 0 Å². The molecule has 0 aliphatic carbocycles. The zero-order chi connectivity index (χ0) is 20.4. The summed E-state index contributed by atoms with van der Waals surface area (Å²) < 4.78 is 32.4. The van der Waals surface area contributed by atoms with Crippen molar-refractivity contribution >= 4 is 21.6 Å². The van der Waals surface area contributed by atoms with E-state index < -0.39 is 10.0 Å². The highest BCUT2D eigenvalue weighted by atomic mass is 32.2. The van der Waals surface area contributed by atoms with Crippen LogP contribution in [0.5, 0.6) is 0 Å². The number of methoxy groups -OCH3 is 1. The van der Waals surface area contributed by atoms with Crippen LogP contribution < -0.4 is 4.90 Å². The Morgan fingerprint density at radius 3 is 2.41 bits per heavy atom. The zero-order valence-corrected chi connectivity index (χ0v) is 17.5. The Labute approximate surface area is 172 Å². The predicted molar refractivity (Wildman–Crippen MR) is 112 cm³/mol. The van der Waals surface area contributed by atoms with E-state index in [0.717, 1.165) is 42.5 Å². The average Bonchev–Trinajstić information content (AvgIpc) is 3.29. The van der Waals surface area contributed by atoms with E-state index in [9.17, 15) is 13.2 Å². The van der Waals surface area contributed by atoms with Gasteiger partial charge in [0.15, 0.2) is 0 Å². The lowest BCUT2D eigenvalue weighted by atomic mass is 10.0. The summed E-state index contributed by atoms with van der Waals surface area (Å²) in [5.74, 6) is -0.0648. The summed E-state index contributed by atoms with van der Waals surface area (Å²) in [4.78, 5) is 15.2. The fraction of sp³-hybridized carbons (Fsp3) is 0.409. The SMILES string of the molecule is COCc1ccc(C(=O)N2CCCc3cc(S(=O)(=O)N4CCCC4)ccc32)cc1. The number of rotatable bonds is 5. The van der Waals surface area contributed by atoms with Crippen LogP contribution >= 0.6 is 0 Å². The molecule has 2 aliphatic heterocycles. The van der Waals surface area contributed by atoms with Crippen LogP contribution in [0.4, 0.5) is 5.69 Å². The van der Waals surface area contributed by atoms with E-state index in [4.69, 9.17) is 4.74 Å². The van der Waals surface area contributed by atoms with Gasteiger partial charge in [0, 0.05) is 38.0 Å². The number of hydrogen-bond acceptors (Lipinski definition) is 4. The van der Waals surface area contributed by atoms with Gasteiger partial charge in [-0.05, 0) is 67.1 Å². The summed E-state index contributed by atoms with van der Waals surface area (Å²) in [6.07, 6.45) is 3.41. The van der Waals surface area contributed by atoms with Crippen molar-refractivity contribution in [2.24, 2.45) is 0 Å². The topological polar surface area (TPSA) is 66.9 Å². The highest BCUT2D eigenvalue weighted by molar-refractivity contribution is 7.89. The van der Waals surface area contributed by atoms with Crippen LogP contribution in [0.3, 0.4) is 0 Å². The van der Waals surface area contributed by atoms with Crippen LogP contribution in [0.25, 0.3) is 0 Å². The van der Waals surface area contributed by atoms with Gasteiger partial charge in [0.1, 0.15) is 0 Å². The molecule has 2 aliphatic rings. The number of sulfonamides is 1. The molecule has 4 rings (SSSR count). The van der Waals surface area contributed by atoms with Gasteiger partial charge in [0.05, 0.1) is 11.5 Å². The average molecular weight is 415 g/mol. The van der Waals surface area contributed by atoms with E-state index in [1.54, 1.807) is 34.5 Å². The van der Waals surface area contributed by atoms with Crippen LogP contribution in [0.15, 0.2) is 47.4 Å². The highest BCUT2D eigenvalue weighted by Crippen LogP contribution is 2.32. The Morgan fingerprint density at radius 1 is 1.00 bits per heavy atom. The van der Waals surface area contributed by atoms with Gasteiger partial charge in [0.25, 0.3) is 5.91 Å². The minimum absolute atomic E-state index is 0.0648. The minimum atomic E-state index is -3.45. The molecule has 1 saturated heterocycles. The number of ether oxygens (including phenoxy) is 1. The van der Waals surface area contributed by atoms with Crippen LogP contribution in [-0.2, 0) is 27.8 Å². The van der Waals surface area contributed by atoms with Crippen LogP contribution in [0, 0.1) is 0 Å². The molecule has 0 bridgehead atoms. The summed E-state index contributed by atoms with van der Waals surface area (Å²) >= 11 is 0. The van der Waals surface area contributed by atoms with Crippen molar-refractivity contribution in [1.82, 2.24) is 4.31 Å². The summed E-state index contributed by atoms with van der Waals surface area (Å²) in [6, 6.07) is 12.6. The Hall–Kier alpha value is -2.22. The van der Waals surface area contributed by atoms with Gasteiger partial charge in [0.2, 0.25) is 10.0 Å². The predicted octanol–water partition coefficient (Wildman–Crippen LogP) is 3.21. The molecule has 1 fully saturated rings. The van der Waals surface area contributed by atoms with Crippen molar-refractivity contribution in [2.75, 3.05) is 31.6 Å². The maximum atomic E-state index is 13.1. The molecule has 0 spiro atoms. The summed E-state index contributed by atoms with van der Waals surface area (Å²) in [7, 11) is -1.81. The third-order valence-electron chi connectivity index (χ3n) is 5.63. The number of hydrogen-bond donors (Lipinski definition) is 0. The van der Waals surface area contributed by atoms with E-state index in [1.165, 1.54) is 0 Å². The van der Waals surface area contributed by atoms with E-state index in [2.05, 4.69) is 0 Å². The van der Waals surface area contributed by atoms with E-state index >= 15 is 0 Å². The second-order valence-electron chi connectivity index (χ2n) is 7.59. The third kappa shape index (κ3) is 3.95. The molecule has 2 aromatic carbocycles. The lowest BCUT2D eigenvalue weighted by Gasteiger charge is -2.30. The Kier molecular flexibility index (Phi) is 5.72. The minimum Gasteiger partial charge on any atom is -0.380 e. The molecule has 29 heavy (non-hydrogen) atoms. The van der Waals surface area contributed by atoms with Gasteiger partial charge in [-0.1, -0.05) is 12.1 Å². The first-order chi connectivity index (χ1) is 14.0. The number of amides is 1. The zero-order valence-electron chi connectivity index (χ0n) is 16.6. The molecule has 154 valence electrons. The van der Waals surface area contributed by atoms with E-state index in [0.29, 0.717) is 36.7 Å². The van der Waals surface area contributed by atoms with E-state index in [-0.39, 0.29) is 5.91 Å². The molecule has 6 nitrogen and oxygen atoms in total. The maximum absolute atomic E-state index is 13.1. The first-order valence-corrected chi connectivity index (χ1v) is 11.5. The van der Waals surface area contributed by atoms with Gasteiger partial charge < -0.3 is 9.64 Å². The molecule has 7 heteroatoms. The van der Waals surface area contributed by atoms with E-state index in [1.807, 2.05) is 24.3 Å². The Bertz CT molecular complexity index is 996. The maximum Gasteiger partial charge on any atom is 0.258 e. The van der Waals surface area contributed by atoms with Gasteiger partial charge in [-0.15, -0.1) is 0 Å². The Balaban J connectivity index is 1.60. The molecular formula is C22H26N2O4S. The number of aryl methyl sites for hydroxylation is 1. The molecular weight excluding hydrogens is 388 g/mol. The fourth-order valence-electron chi connectivity index (χ4n) is 4.09. The van der Waals surface area contributed by atoms with Crippen molar-refractivity contribution in [3.63, 3.8) is 0 Å². The van der Waals surface area contributed by atoms with Crippen LogP contribution in [-0.4, -0.2) is 45.4 Å². The van der Waals surface area contributed by atoms with Crippen LogP contribution in [0.2, 0.25) is 0 Å². The molecule has 0 aromatic heterocycles. The molecule has 0 atom stereocenters. The molecule has 0 radical (unpaired) electrons. The first-order valence-electron chi connectivity index (χ1n) is 10.0. The number of carbonyl (C=O) groups excluding carboxylic acids is 1. The summed E-state index contributed by atoms with van der Waals surface area (Å²) in [5, 5.41) is 0. The second-order valence-corrected chi connectivity index (χ2v) is 9.53. The molecule has 2 aromatic rings. The normalized spacial score (nSPS) is 17.3. The van der Waals surface area contributed by atoms with Gasteiger partial charge in [-0.3, -0.25) is 4.79 Å². The second kappa shape index (κ2) is 8.26. The molecule has 0 unspecified atom stereocenters. The molecule has 0 saturated carbocycles. The highest BCUT2D eigenvalue weighted by Gasteiger charge is 2.30. The molecule has 2 heterocycles. The smallest absolute Gasteiger partial charge is 0.258 e. The number of fused-ring (bicyclic) bond motifs is 1. The number of anilines is 1. The number of benzene rings is 2. The number of carbonyl (C=O) groups is 1. The lowest BCUT2D eigenvalue weighted by Crippen LogP contribution is -2.35. The fourth-order valence-corrected chi connectivity index (χ4v) is 5.66. The van der Waals surface area contributed by atoms with Crippen molar-refractivity contribution in [2.45, 2.75) is 37.2 Å². The van der Waals surface area contributed by atoms with Crippen molar-refractivity contribution in [1.29, 1.82) is 0 Å². The third-order valence-corrected chi connectivity index (χ3v) is 7.52. The molecule has 0 N–H and O–H groups in total. The molecule has 1 amide bonds. The standard InChI is InChI=1S/C22H26N2O4S/c1-28-16-17-6-8-18(9-7-17)22(25)24-14-4-5-19-15-20(10-11-21(19)24)29(26,27)23-12-2-3-13-23/h6-11,15H,2-5,12-14,16H2,1H3. The number of nitrogens with zero attached hydrogens (tertiary/aromatic N) is 2. The van der Waals surface area contributed by atoms with Gasteiger partial charge in [-0.25, -0.2) is 8.42 Å². The van der Waals surface area contributed by atoms with Gasteiger partial charge >= 0.3 is 0 Å². The summed E-state index contributed by atoms with van der Waals surface area (Å²) in [5.41, 5.74) is 3.36. The van der Waals surface area contributed by atoms with Crippen molar-refractivity contribution < 1.29 is 17.9 Å². The van der Waals surface area contributed by atoms with Crippen LogP contribution in [0.1, 0.15) is 40.7 Å². The monoisotopic (exact) mass is 414 g/mol. The Morgan fingerprint density at radius 2 is 1.72 bits per heavy atom. The first kappa shape index (κ1) is 20.1. The lowest BCUT2D eigenvalue weighted by molar-refractivity contribution is 0.0985. The summed E-state index contributed by atoms with van der Waals surface area (Å²) in [6.45, 7) is 2.31. The van der Waals surface area contributed by atoms with Gasteiger partial charge in [-0.2, -0.15) is 4.31 Å².